The molecule has 2 aromatic rings. The molecule has 0 aliphatic carbocycles. The van der Waals surface area contributed by atoms with E-state index in [1.54, 1.807) is 23.5 Å². The number of carbonyl (C=O) groups excluding carboxylic acids is 1. The van der Waals surface area contributed by atoms with Crippen LogP contribution in [0.3, 0.4) is 0 Å². The third-order valence-electron chi connectivity index (χ3n) is 3.77. The topological polar surface area (TPSA) is 110 Å². The molecule has 23 heavy (non-hydrogen) atoms. The predicted molar refractivity (Wildman–Crippen MR) is 84.8 cm³/mol. The van der Waals surface area contributed by atoms with Crippen LogP contribution in [0.25, 0.3) is 0 Å². The van der Waals surface area contributed by atoms with Crippen LogP contribution in [0, 0.1) is 6.92 Å². The summed E-state index contributed by atoms with van der Waals surface area (Å²) in [5.41, 5.74) is 6.33. The highest BCUT2D eigenvalue weighted by Crippen LogP contribution is 2.31. The SMILES string of the molecule is Cc1nc(Nc2cnccn2)cc([C@@H]2CCCN2C(=O)CN)n1. The Morgan fingerprint density at radius 1 is 1.39 bits per heavy atom. The van der Waals surface area contributed by atoms with Crippen molar-refractivity contribution < 1.29 is 4.79 Å². The van der Waals surface area contributed by atoms with Gasteiger partial charge in [-0.2, -0.15) is 0 Å². The molecule has 3 N–H and O–H groups in total. The Hall–Kier alpha value is -2.61. The highest BCUT2D eigenvalue weighted by molar-refractivity contribution is 5.78. The van der Waals surface area contributed by atoms with E-state index in [0.29, 0.717) is 17.5 Å². The van der Waals surface area contributed by atoms with Crippen LogP contribution in [0.1, 0.15) is 30.4 Å². The van der Waals surface area contributed by atoms with Gasteiger partial charge in [-0.3, -0.25) is 9.78 Å². The van der Waals surface area contributed by atoms with Crippen molar-refractivity contribution in [2.45, 2.75) is 25.8 Å². The van der Waals surface area contributed by atoms with Gasteiger partial charge in [-0.1, -0.05) is 0 Å². The van der Waals surface area contributed by atoms with Gasteiger partial charge >= 0.3 is 0 Å². The molecule has 0 unspecified atom stereocenters. The summed E-state index contributed by atoms with van der Waals surface area (Å²) in [5, 5.41) is 3.11. The zero-order valence-electron chi connectivity index (χ0n) is 12.9. The molecule has 8 nitrogen and oxygen atoms in total. The number of hydrogen-bond acceptors (Lipinski definition) is 7. The fraction of sp³-hybridized carbons (Fsp3) is 0.400. The summed E-state index contributed by atoms with van der Waals surface area (Å²) in [6.07, 6.45) is 6.67. The van der Waals surface area contributed by atoms with E-state index in [9.17, 15) is 4.79 Å². The molecule has 0 saturated carbocycles. The average molecular weight is 313 g/mol. The largest absolute Gasteiger partial charge is 0.333 e. The number of likely N-dealkylation sites (tertiary alicyclic amines) is 1. The monoisotopic (exact) mass is 313 g/mol. The van der Waals surface area contributed by atoms with Gasteiger partial charge in [-0.05, 0) is 19.8 Å². The van der Waals surface area contributed by atoms with E-state index in [1.807, 2.05) is 13.0 Å². The first-order valence-electron chi connectivity index (χ1n) is 7.55. The summed E-state index contributed by atoms with van der Waals surface area (Å²) < 4.78 is 0. The van der Waals surface area contributed by atoms with Crippen molar-refractivity contribution in [3.63, 3.8) is 0 Å². The number of aromatic nitrogens is 4. The lowest BCUT2D eigenvalue weighted by atomic mass is 10.1. The summed E-state index contributed by atoms with van der Waals surface area (Å²) in [6.45, 7) is 2.57. The standard InChI is InChI=1S/C15H19N7O/c1-10-19-11(12-3-2-6-22(12)15(23)8-16)7-13(20-10)21-14-9-17-4-5-18-14/h4-5,7,9,12H,2-3,6,8,16H2,1H3,(H,18,19,20,21)/t12-/m0/s1. The average Bonchev–Trinajstić information content (AvgIpc) is 3.04. The number of carbonyl (C=O) groups is 1. The van der Waals surface area contributed by atoms with Gasteiger partial charge in [0.2, 0.25) is 5.91 Å². The minimum absolute atomic E-state index is 0.0191. The molecule has 0 radical (unpaired) electrons. The molecule has 3 heterocycles. The molecule has 0 spiro atoms. The van der Waals surface area contributed by atoms with Gasteiger partial charge in [0.15, 0.2) is 0 Å². The number of nitrogens with one attached hydrogen (secondary N) is 1. The molecule has 1 atom stereocenters. The number of hydrogen-bond donors (Lipinski definition) is 2. The zero-order chi connectivity index (χ0) is 16.2. The summed E-state index contributed by atoms with van der Waals surface area (Å²) in [4.78, 5) is 30.8. The number of nitrogens with two attached hydrogens (primary N) is 1. The molecular weight excluding hydrogens is 294 g/mol. The minimum Gasteiger partial charge on any atom is -0.333 e. The maximum atomic E-state index is 12.0. The van der Waals surface area contributed by atoms with Gasteiger partial charge in [-0.15, -0.1) is 0 Å². The van der Waals surface area contributed by atoms with Crippen LogP contribution in [0.15, 0.2) is 24.7 Å². The predicted octanol–water partition coefficient (Wildman–Crippen LogP) is 0.941. The molecule has 1 fully saturated rings. The quantitative estimate of drug-likeness (QED) is 0.864. The Morgan fingerprint density at radius 3 is 3.00 bits per heavy atom. The Morgan fingerprint density at radius 2 is 2.26 bits per heavy atom. The lowest BCUT2D eigenvalue weighted by Gasteiger charge is -2.24. The van der Waals surface area contributed by atoms with Crippen LogP contribution in [0.2, 0.25) is 0 Å². The number of anilines is 2. The second-order valence-electron chi connectivity index (χ2n) is 5.39. The van der Waals surface area contributed by atoms with Gasteiger partial charge in [0.25, 0.3) is 0 Å². The van der Waals surface area contributed by atoms with Gasteiger partial charge in [-0.25, -0.2) is 15.0 Å². The third-order valence-corrected chi connectivity index (χ3v) is 3.77. The Balaban J connectivity index is 1.87. The van der Waals surface area contributed by atoms with Crippen LogP contribution >= 0.6 is 0 Å². The van der Waals surface area contributed by atoms with Crippen LogP contribution in [0.5, 0.6) is 0 Å². The lowest BCUT2D eigenvalue weighted by molar-refractivity contribution is -0.130. The van der Waals surface area contributed by atoms with Crippen LogP contribution in [-0.2, 0) is 4.79 Å². The molecule has 1 aliphatic heterocycles. The van der Waals surface area contributed by atoms with Gasteiger partial charge < -0.3 is 16.0 Å². The Bertz CT molecular complexity index is 691. The number of amides is 1. The van der Waals surface area contributed by atoms with Crippen LogP contribution in [0.4, 0.5) is 11.6 Å². The van der Waals surface area contributed by atoms with E-state index >= 15 is 0 Å². The number of rotatable bonds is 4. The molecule has 1 amide bonds. The minimum atomic E-state index is -0.0489. The second kappa shape index (κ2) is 6.66. The molecule has 1 saturated heterocycles. The van der Waals surface area contributed by atoms with Crippen molar-refractivity contribution in [1.82, 2.24) is 24.8 Å². The maximum Gasteiger partial charge on any atom is 0.236 e. The highest BCUT2D eigenvalue weighted by Gasteiger charge is 2.30. The molecule has 3 rings (SSSR count). The summed E-state index contributed by atoms with van der Waals surface area (Å²) in [7, 11) is 0. The van der Waals surface area contributed by atoms with Gasteiger partial charge in [0.1, 0.15) is 17.5 Å². The highest BCUT2D eigenvalue weighted by atomic mass is 16.2. The lowest BCUT2D eigenvalue weighted by Crippen LogP contribution is -2.35. The third kappa shape index (κ3) is 3.42. The molecular formula is C15H19N7O. The van der Waals surface area contributed by atoms with E-state index in [4.69, 9.17) is 5.73 Å². The second-order valence-corrected chi connectivity index (χ2v) is 5.39. The molecule has 0 bridgehead atoms. The normalized spacial score (nSPS) is 17.3. The molecule has 120 valence electrons. The Kier molecular flexibility index (Phi) is 4.42. The Labute approximate surface area is 134 Å². The van der Waals surface area contributed by atoms with E-state index in [1.165, 1.54) is 0 Å². The van der Waals surface area contributed by atoms with E-state index in [2.05, 4.69) is 25.3 Å². The molecule has 1 aliphatic rings. The van der Waals surface area contributed by atoms with Crippen molar-refractivity contribution in [2.75, 3.05) is 18.4 Å². The van der Waals surface area contributed by atoms with Gasteiger partial charge in [0.05, 0.1) is 24.5 Å². The number of aryl methyl sites for hydroxylation is 1. The van der Waals surface area contributed by atoms with E-state index in [0.717, 1.165) is 25.1 Å². The van der Waals surface area contributed by atoms with Crippen molar-refractivity contribution in [2.24, 2.45) is 5.73 Å². The first-order valence-corrected chi connectivity index (χ1v) is 7.55. The maximum absolute atomic E-state index is 12.0. The molecule has 0 aromatic carbocycles. The van der Waals surface area contributed by atoms with Gasteiger partial charge in [0, 0.05) is 25.0 Å². The smallest absolute Gasteiger partial charge is 0.236 e. The van der Waals surface area contributed by atoms with Crippen LogP contribution < -0.4 is 11.1 Å². The van der Waals surface area contributed by atoms with Crippen molar-refractivity contribution in [1.29, 1.82) is 0 Å². The van der Waals surface area contributed by atoms with Crippen molar-refractivity contribution in [3.05, 3.63) is 36.2 Å². The van der Waals surface area contributed by atoms with Crippen molar-refractivity contribution in [3.8, 4) is 0 Å². The van der Waals surface area contributed by atoms with E-state index in [-0.39, 0.29) is 18.5 Å². The van der Waals surface area contributed by atoms with Crippen LogP contribution in [-0.4, -0.2) is 43.8 Å². The number of nitrogens with zero attached hydrogens (tertiary/aromatic N) is 5. The fourth-order valence-corrected chi connectivity index (χ4v) is 2.81. The van der Waals surface area contributed by atoms with Crippen molar-refractivity contribution >= 4 is 17.5 Å². The molecule has 8 heteroatoms. The fourth-order valence-electron chi connectivity index (χ4n) is 2.81. The first-order chi connectivity index (χ1) is 11.2. The first kappa shape index (κ1) is 15.3. The van der Waals surface area contributed by atoms with E-state index < -0.39 is 0 Å². The zero-order valence-corrected chi connectivity index (χ0v) is 12.9. The summed E-state index contributed by atoms with van der Waals surface area (Å²) in [5.74, 6) is 1.84. The molecule has 2 aromatic heterocycles. The summed E-state index contributed by atoms with van der Waals surface area (Å²) in [6, 6.07) is 1.81. The summed E-state index contributed by atoms with van der Waals surface area (Å²) >= 11 is 0.